The lowest BCUT2D eigenvalue weighted by atomic mass is 10.0. The monoisotopic (exact) mass is 286 g/mol. The van der Waals surface area contributed by atoms with Crippen molar-refractivity contribution in [1.82, 2.24) is 10.2 Å². The standard InChI is InChI=1S/C18H26N2O/c1-2-10-19-15-9-6-11-20(13-15)18(21)17-12-16(17)14-7-4-3-5-8-14/h3-5,7-8,15-17,19H,2,6,9-13H2,1H3. The Kier molecular flexibility index (Phi) is 4.59. The molecule has 2 aliphatic rings. The number of hydrogen-bond donors (Lipinski definition) is 1. The predicted octanol–water partition coefficient (Wildman–Crippen LogP) is 2.78. The van der Waals surface area contributed by atoms with Gasteiger partial charge in [-0.25, -0.2) is 0 Å². The number of nitrogens with zero attached hydrogens (tertiary/aromatic N) is 1. The summed E-state index contributed by atoms with van der Waals surface area (Å²) >= 11 is 0. The van der Waals surface area contributed by atoms with E-state index in [0.717, 1.165) is 38.9 Å². The number of amides is 1. The Morgan fingerprint density at radius 1 is 1.33 bits per heavy atom. The zero-order chi connectivity index (χ0) is 14.7. The number of nitrogens with one attached hydrogen (secondary N) is 1. The summed E-state index contributed by atoms with van der Waals surface area (Å²) < 4.78 is 0. The summed E-state index contributed by atoms with van der Waals surface area (Å²) in [5.41, 5.74) is 1.33. The molecule has 1 aromatic carbocycles. The molecule has 3 atom stereocenters. The van der Waals surface area contributed by atoms with E-state index in [-0.39, 0.29) is 5.92 Å². The Hall–Kier alpha value is -1.35. The van der Waals surface area contributed by atoms with Crippen LogP contribution in [0, 0.1) is 5.92 Å². The third-order valence-electron chi connectivity index (χ3n) is 4.75. The lowest BCUT2D eigenvalue weighted by molar-refractivity contribution is -0.134. The van der Waals surface area contributed by atoms with E-state index < -0.39 is 0 Å². The van der Waals surface area contributed by atoms with E-state index in [4.69, 9.17) is 0 Å². The minimum Gasteiger partial charge on any atom is -0.341 e. The van der Waals surface area contributed by atoms with Gasteiger partial charge >= 0.3 is 0 Å². The van der Waals surface area contributed by atoms with Crippen molar-refractivity contribution in [3.63, 3.8) is 0 Å². The SMILES string of the molecule is CCCNC1CCCN(C(=O)C2CC2c2ccccc2)C1. The van der Waals surface area contributed by atoms with Crippen LogP contribution in [0.1, 0.15) is 44.1 Å². The summed E-state index contributed by atoms with van der Waals surface area (Å²) in [7, 11) is 0. The first kappa shape index (κ1) is 14.6. The fraction of sp³-hybridized carbons (Fsp3) is 0.611. The molecule has 1 amide bonds. The zero-order valence-electron chi connectivity index (χ0n) is 12.9. The third kappa shape index (κ3) is 3.46. The average Bonchev–Trinajstić information content (AvgIpc) is 3.34. The fourth-order valence-electron chi connectivity index (χ4n) is 3.46. The molecule has 0 aromatic heterocycles. The van der Waals surface area contributed by atoms with Crippen molar-refractivity contribution >= 4 is 5.91 Å². The molecule has 1 saturated carbocycles. The molecule has 3 rings (SSSR count). The van der Waals surface area contributed by atoms with Crippen LogP contribution >= 0.6 is 0 Å². The summed E-state index contributed by atoms with van der Waals surface area (Å²) in [6, 6.07) is 11.0. The summed E-state index contributed by atoms with van der Waals surface area (Å²) in [4.78, 5) is 14.8. The number of carbonyl (C=O) groups is 1. The van der Waals surface area contributed by atoms with Crippen LogP contribution in [-0.2, 0) is 4.79 Å². The number of likely N-dealkylation sites (tertiary alicyclic amines) is 1. The van der Waals surface area contributed by atoms with Crippen molar-refractivity contribution < 1.29 is 4.79 Å². The van der Waals surface area contributed by atoms with Gasteiger partial charge in [0.05, 0.1) is 0 Å². The first-order valence-electron chi connectivity index (χ1n) is 8.36. The van der Waals surface area contributed by atoms with Crippen LogP contribution in [0.3, 0.4) is 0 Å². The topological polar surface area (TPSA) is 32.3 Å². The molecule has 1 N–H and O–H groups in total. The second-order valence-corrected chi connectivity index (χ2v) is 6.44. The van der Waals surface area contributed by atoms with Gasteiger partial charge in [0.1, 0.15) is 0 Å². The summed E-state index contributed by atoms with van der Waals surface area (Å²) in [6.45, 7) is 5.09. The highest BCUT2D eigenvalue weighted by molar-refractivity contribution is 5.83. The first-order chi connectivity index (χ1) is 10.3. The van der Waals surface area contributed by atoms with Crippen LogP contribution in [0.25, 0.3) is 0 Å². The molecule has 1 saturated heterocycles. The van der Waals surface area contributed by atoms with E-state index in [2.05, 4.69) is 41.4 Å². The van der Waals surface area contributed by atoms with Gasteiger partial charge in [0.25, 0.3) is 0 Å². The van der Waals surface area contributed by atoms with Crippen molar-refractivity contribution in [2.75, 3.05) is 19.6 Å². The molecule has 2 fully saturated rings. The number of carbonyl (C=O) groups excluding carboxylic acids is 1. The highest BCUT2D eigenvalue weighted by Crippen LogP contribution is 2.48. The van der Waals surface area contributed by atoms with E-state index >= 15 is 0 Å². The average molecular weight is 286 g/mol. The summed E-state index contributed by atoms with van der Waals surface area (Å²) in [6.07, 6.45) is 4.53. The quantitative estimate of drug-likeness (QED) is 0.902. The Morgan fingerprint density at radius 2 is 2.14 bits per heavy atom. The Labute approximate surface area is 127 Å². The van der Waals surface area contributed by atoms with E-state index in [9.17, 15) is 4.79 Å². The van der Waals surface area contributed by atoms with Gasteiger partial charge in [-0.15, -0.1) is 0 Å². The van der Waals surface area contributed by atoms with Crippen LogP contribution in [0.4, 0.5) is 0 Å². The van der Waals surface area contributed by atoms with Crippen LogP contribution in [0.5, 0.6) is 0 Å². The van der Waals surface area contributed by atoms with Gasteiger partial charge in [-0.05, 0) is 43.7 Å². The van der Waals surface area contributed by atoms with Gasteiger partial charge in [-0.1, -0.05) is 37.3 Å². The second kappa shape index (κ2) is 6.61. The van der Waals surface area contributed by atoms with E-state index in [1.807, 2.05) is 6.07 Å². The van der Waals surface area contributed by atoms with Gasteiger partial charge in [-0.3, -0.25) is 4.79 Å². The van der Waals surface area contributed by atoms with Crippen LogP contribution in [0.2, 0.25) is 0 Å². The number of rotatable bonds is 5. The maximum absolute atomic E-state index is 12.7. The maximum Gasteiger partial charge on any atom is 0.226 e. The molecule has 114 valence electrons. The highest BCUT2D eigenvalue weighted by atomic mass is 16.2. The third-order valence-corrected chi connectivity index (χ3v) is 4.75. The van der Waals surface area contributed by atoms with Crippen LogP contribution in [0.15, 0.2) is 30.3 Å². The molecular formula is C18H26N2O. The maximum atomic E-state index is 12.7. The Bertz CT molecular complexity index is 473. The van der Waals surface area contributed by atoms with Gasteiger partial charge in [0.15, 0.2) is 0 Å². The summed E-state index contributed by atoms with van der Waals surface area (Å²) in [5, 5.41) is 3.56. The van der Waals surface area contributed by atoms with Gasteiger partial charge in [0, 0.05) is 25.0 Å². The van der Waals surface area contributed by atoms with E-state index in [1.165, 1.54) is 12.0 Å². The van der Waals surface area contributed by atoms with E-state index in [1.54, 1.807) is 0 Å². The molecule has 3 nitrogen and oxygen atoms in total. The smallest absolute Gasteiger partial charge is 0.226 e. The molecule has 3 unspecified atom stereocenters. The highest BCUT2D eigenvalue weighted by Gasteiger charge is 2.46. The minimum atomic E-state index is 0.234. The molecule has 3 heteroatoms. The molecule has 0 radical (unpaired) electrons. The molecule has 1 aliphatic carbocycles. The van der Waals surface area contributed by atoms with Crippen LogP contribution < -0.4 is 5.32 Å². The minimum absolute atomic E-state index is 0.234. The first-order valence-corrected chi connectivity index (χ1v) is 8.36. The van der Waals surface area contributed by atoms with Gasteiger partial charge < -0.3 is 10.2 Å². The molecule has 1 aromatic rings. The van der Waals surface area contributed by atoms with Crippen molar-refractivity contribution in [1.29, 1.82) is 0 Å². The van der Waals surface area contributed by atoms with E-state index in [0.29, 0.717) is 17.9 Å². The molecule has 0 spiro atoms. The van der Waals surface area contributed by atoms with Crippen molar-refractivity contribution in [2.45, 2.75) is 44.6 Å². The molecule has 21 heavy (non-hydrogen) atoms. The van der Waals surface area contributed by atoms with Gasteiger partial charge in [0.2, 0.25) is 5.91 Å². The second-order valence-electron chi connectivity index (χ2n) is 6.44. The van der Waals surface area contributed by atoms with Gasteiger partial charge in [-0.2, -0.15) is 0 Å². The Balaban J connectivity index is 1.54. The lowest BCUT2D eigenvalue weighted by Crippen LogP contribution is -2.48. The van der Waals surface area contributed by atoms with Crippen molar-refractivity contribution in [2.24, 2.45) is 5.92 Å². The largest absolute Gasteiger partial charge is 0.341 e. The number of hydrogen-bond acceptors (Lipinski definition) is 2. The predicted molar refractivity (Wildman–Crippen MR) is 85.2 cm³/mol. The molecule has 0 bridgehead atoms. The zero-order valence-corrected chi connectivity index (χ0v) is 12.9. The fourth-order valence-corrected chi connectivity index (χ4v) is 3.46. The summed E-state index contributed by atoms with van der Waals surface area (Å²) in [5.74, 6) is 1.08. The number of piperidine rings is 1. The Morgan fingerprint density at radius 3 is 2.90 bits per heavy atom. The van der Waals surface area contributed by atoms with Crippen LogP contribution in [-0.4, -0.2) is 36.5 Å². The van der Waals surface area contributed by atoms with Crippen molar-refractivity contribution in [3.05, 3.63) is 35.9 Å². The normalized spacial score (nSPS) is 28.4. The van der Waals surface area contributed by atoms with Crippen molar-refractivity contribution in [3.8, 4) is 0 Å². The molecule has 1 heterocycles. The number of benzene rings is 1. The molecule has 1 aliphatic heterocycles. The lowest BCUT2D eigenvalue weighted by Gasteiger charge is -2.33. The molecular weight excluding hydrogens is 260 g/mol.